The second-order valence-corrected chi connectivity index (χ2v) is 10.5. The van der Waals surface area contributed by atoms with Crippen molar-refractivity contribution in [2.24, 2.45) is 0 Å². The number of sulfonamides is 1. The van der Waals surface area contributed by atoms with E-state index in [1.54, 1.807) is 11.8 Å². The first kappa shape index (κ1) is 24.8. The van der Waals surface area contributed by atoms with Crippen LogP contribution in [0, 0.1) is 58.6 Å². The third-order valence-corrected chi connectivity index (χ3v) is 9.10. The minimum atomic E-state index is -3.71. The number of benzene rings is 1. The number of aryl methyl sites for hydroxylation is 1. The van der Waals surface area contributed by atoms with Crippen LogP contribution in [0.15, 0.2) is 4.90 Å². The van der Waals surface area contributed by atoms with Crippen LogP contribution in [0.3, 0.4) is 0 Å². The van der Waals surface area contributed by atoms with Crippen LogP contribution in [0.5, 0.6) is 0 Å². The third kappa shape index (κ3) is 4.26. The molecule has 0 radical (unpaired) electrons. The molecule has 0 bridgehead atoms. The summed E-state index contributed by atoms with van der Waals surface area (Å²) >= 11 is 0. The number of hydrogen-bond donors (Lipinski definition) is 0. The second-order valence-electron chi connectivity index (χ2n) is 8.67. The summed E-state index contributed by atoms with van der Waals surface area (Å²) in [6, 6.07) is 0. The summed E-state index contributed by atoms with van der Waals surface area (Å²) < 4.78 is 29.8. The number of aromatic nitrogens is 2. The molecule has 2 aromatic rings. The average Bonchev–Trinajstić information content (AvgIpc) is 3.03. The van der Waals surface area contributed by atoms with Gasteiger partial charge in [0.1, 0.15) is 17.9 Å². The van der Waals surface area contributed by atoms with Gasteiger partial charge in [0.2, 0.25) is 15.9 Å². The number of nitro groups is 1. The minimum absolute atomic E-state index is 0.0897. The Balaban J connectivity index is 1.76. The predicted molar refractivity (Wildman–Crippen MR) is 124 cm³/mol. The summed E-state index contributed by atoms with van der Waals surface area (Å²) in [6.07, 6.45) is 0. The molecular weight excluding hydrogens is 446 g/mol. The van der Waals surface area contributed by atoms with Gasteiger partial charge in [0, 0.05) is 26.2 Å². The van der Waals surface area contributed by atoms with Gasteiger partial charge in [0.25, 0.3) is 0 Å². The Bertz CT molecular complexity index is 1210. The lowest BCUT2D eigenvalue weighted by molar-refractivity contribution is -0.386. The molecule has 10 nitrogen and oxygen atoms in total. The standard InChI is InChI=1S/C22H31N5O5S/c1-13-14(2)16(4)22(17(5)15(13)3)33(31,32)25-10-8-24(9-11-25)20(28)12-26-19(7)21(27(29)30)18(6)23-26/h8-12H2,1-7H3. The highest BCUT2D eigenvalue weighted by atomic mass is 32.2. The predicted octanol–water partition coefficient (Wildman–Crippen LogP) is 2.48. The molecule has 1 aromatic heterocycles. The molecule has 0 spiro atoms. The number of amides is 1. The maximum absolute atomic E-state index is 13.5. The van der Waals surface area contributed by atoms with Crippen LogP contribution in [0.1, 0.15) is 39.2 Å². The van der Waals surface area contributed by atoms with Gasteiger partial charge in [-0.05, 0) is 76.3 Å². The molecular formula is C22H31N5O5S. The highest BCUT2D eigenvalue weighted by molar-refractivity contribution is 7.89. The molecule has 2 heterocycles. The second kappa shape index (κ2) is 8.86. The van der Waals surface area contributed by atoms with E-state index in [9.17, 15) is 23.3 Å². The third-order valence-electron chi connectivity index (χ3n) is 6.93. The summed E-state index contributed by atoms with van der Waals surface area (Å²) in [5.74, 6) is -0.248. The van der Waals surface area contributed by atoms with E-state index in [1.165, 1.54) is 15.9 Å². The normalized spacial score (nSPS) is 15.2. The fourth-order valence-corrected chi connectivity index (χ4v) is 6.48. The first-order valence-corrected chi connectivity index (χ1v) is 12.3. The zero-order valence-corrected chi connectivity index (χ0v) is 21.0. The van der Waals surface area contributed by atoms with Gasteiger partial charge in [-0.1, -0.05) is 0 Å². The monoisotopic (exact) mass is 477 g/mol. The maximum atomic E-state index is 13.5. The minimum Gasteiger partial charge on any atom is -0.338 e. The van der Waals surface area contributed by atoms with Crippen LogP contribution in [-0.4, -0.2) is 64.4 Å². The van der Waals surface area contributed by atoms with E-state index in [4.69, 9.17) is 0 Å². The molecule has 1 amide bonds. The van der Waals surface area contributed by atoms with Gasteiger partial charge < -0.3 is 4.90 Å². The Kier molecular flexibility index (Phi) is 6.67. The van der Waals surface area contributed by atoms with E-state index >= 15 is 0 Å². The molecule has 3 rings (SSSR count). The Labute approximate surface area is 194 Å². The van der Waals surface area contributed by atoms with Crippen LogP contribution in [0.2, 0.25) is 0 Å². The molecule has 1 fully saturated rings. The van der Waals surface area contributed by atoms with Crippen molar-refractivity contribution in [2.45, 2.75) is 59.9 Å². The van der Waals surface area contributed by atoms with E-state index in [0.717, 1.165) is 27.8 Å². The van der Waals surface area contributed by atoms with Gasteiger partial charge in [-0.15, -0.1) is 0 Å². The van der Waals surface area contributed by atoms with Gasteiger partial charge in [-0.25, -0.2) is 8.42 Å². The van der Waals surface area contributed by atoms with E-state index < -0.39 is 14.9 Å². The SMILES string of the molecule is Cc1nn(CC(=O)N2CCN(S(=O)(=O)c3c(C)c(C)c(C)c(C)c3C)CC2)c(C)c1[N+](=O)[O-]. The molecule has 1 aliphatic heterocycles. The molecule has 33 heavy (non-hydrogen) atoms. The number of carbonyl (C=O) groups is 1. The van der Waals surface area contributed by atoms with Crippen molar-refractivity contribution in [3.8, 4) is 0 Å². The van der Waals surface area contributed by atoms with Crippen molar-refractivity contribution in [3.05, 3.63) is 49.3 Å². The van der Waals surface area contributed by atoms with Crippen molar-refractivity contribution < 1.29 is 18.1 Å². The highest BCUT2D eigenvalue weighted by Gasteiger charge is 2.34. The first-order chi connectivity index (χ1) is 15.3. The fraction of sp³-hybridized carbons (Fsp3) is 0.545. The van der Waals surface area contributed by atoms with E-state index in [1.807, 2.05) is 34.6 Å². The highest BCUT2D eigenvalue weighted by Crippen LogP contribution is 2.32. The number of hydrogen-bond acceptors (Lipinski definition) is 6. The molecule has 11 heteroatoms. The molecule has 0 unspecified atom stereocenters. The summed E-state index contributed by atoms with van der Waals surface area (Å²) in [5.41, 5.74) is 5.07. The smallest absolute Gasteiger partial charge is 0.312 e. The summed E-state index contributed by atoms with van der Waals surface area (Å²) in [6.45, 7) is 13.4. The van der Waals surface area contributed by atoms with E-state index in [2.05, 4.69) is 5.10 Å². The summed E-state index contributed by atoms with van der Waals surface area (Å²) in [4.78, 5) is 25.4. The molecule has 0 atom stereocenters. The average molecular weight is 478 g/mol. The van der Waals surface area contributed by atoms with Gasteiger partial charge in [-0.2, -0.15) is 9.40 Å². The van der Waals surface area contributed by atoms with Gasteiger partial charge in [0.15, 0.2) is 0 Å². The first-order valence-electron chi connectivity index (χ1n) is 10.8. The van der Waals surface area contributed by atoms with Crippen molar-refractivity contribution in [1.29, 1.82) is 0 Å². The lowest BCUT2D eigenvalue weighted by Gasteiger charge is -2.35. The summed E-state index contributed by atoms with van der Waals surface area (Å²) in [7, 11) is -3.71. The topological polar surface area (TPSA) is 119 Å². The zero-order chi connectivity index (χ0) is 24.8. The number of rotatable bonds is 5. The van der Waals surface area contributed by atoms with Crippen LogP contribution in [-0.2, 0) is 21.4 Å². The number of nitrogens with zero attached hydrogens (tertiary/aromatic N) is 5. The Hall–Kier alpha value is -2.79. The molecule has 0 N–H and O–H groups in total. The van der Waals surface area contributed by atoms with Crippen molar-refractivity contribution in [2.75, 3.05) is 26.2 Å². The maximum Gasteiger partial charge on any atom is 0.312 e. The molecule has 1 aliphatic rings. The Morgan fingerprint density at radius 2 is 1.39 bits per heavy atom. The molecule has 1 aromatic carbocycles. The molecule has 0 aliphatic carbocycles. The Morgan fingerprint density at radius 3 is 1.85 bits per heavy atom. The zero-order valence-electron chi connectivity index (χ0n) is 20.2. The summed E-state index contributed by atoms with van der Waals surface area (Å²) in [5, 5.41) is 15.3. The lowest BCUT2D eigenvalue weighted by atomic mass is 9.95. The van der Waals surface area contributed by atoms with E-state index in [-0.39, 0.29) is 50.0 Å². The molecule has 0 saturated carbocycles. The number of piperazine rings is 1. The van der Waals surface area contributed by atoms with Crippen LogP contribution >= 0.6 is 0 Å². The molecule has 180 valence electrons. The lowest BCUT2D eigenvalue weighted by Crippen LogP contribution is -2.51. The number of carbonyl (C=O) groups excluding carboxylic acids is 1. The van der Waals surface area contributed by atoms with Gasteiger partial charge in [0.05, 0.1) is 9.82 Å². The van der Waals surface area contributed by atoms with Crippen LogP contribution in [0.4, 0.5) is 5.69 Å². The van der Waals surface area contributed by atoms with Gasteiger partial charge in [-0.3, -0.25) is 19.6 Å². The van der Waals surface area contributed by atoms with Crippen LogP contribution < -0.4 is 0 Å². The van der Waals surface area contributed by atoms with Crippen molar-refractivity contribution in [1.82, 2.24) is 19.0 Å². The molecule has 1 saturated heterocycles. The fourth-order valence-electron chi connectivity index (χ4n) is 4.49. The Morgan fingerprint density at radius 1 is 0.909 bits per heavy atom. The van der Waals surface area contributed by atoms with Crippen molar-refractivity contribution in [3.63, 3.8) is 0 Å². The quantitative estimate of drug-likeness (QED) is 0.482. The van der Waals surface area contributed by atoms with E-state index in [0.29, 0.717) is 10.6 Å². The van der Waals surface area contributed by atoms with Crippen molar-refractivity contribution >= 4 is 21.6 Å². The van der Waals surface area contributed by atoms with Gasteiger partial charge >= 0.3 is 5.69 Å². The van der Waals surface area contributed by atoms with Crippen LogP contribution in [0.25, 0.3) is 0 Å². The largest absolute Gasteiger partial charge is 0.338 e.